The molecule has 0 aliphatic heterocycles. The van der Waals surface area contributed by atoms with Gasteiger partial charge < -0.3 is 15.8 Å². The number of benzene rings is 2. The quantitative estimate of drug-likeness (QED) is 0.724. The molecular formula is C18H20N4O2. The van der Waals surface area contributed by atoms with Gasteiger partial charge in [0.1, 0.15) is 11.4 Å². The molecule has 0 fully saturated rings. The maximum absolute atomic E-state index is 12.9. The van der Waals surface area contributed by atoms with E-state index in [1.54, 1.807) is 30.0 Å². The van der Waals surface area contributed by atoms with Crippen LogP contribution in [0.5, 0.6) is 5.75 Å². The van der Waals surface area contributed by atoms with Crippen LogP contribution < -0.4 is 21.3 Å². The first-order chi connectivity index (χ1) is 11.5. The number of nitrogens with zero attached hydrogens (tertiary/aromatic N) is 2. The number of hydrogen-bond donors (Lipinski definition) is 2. The first-order valence-corrected chi connectivity index (χ1v) is 7.57. The molecule has 0 bridgehead atoms. The van der Waals surface area contributed by atoms with Crippen LogP contribution in [0, 0.1) is 6.92 Å². The summed E-state index contributed by atoms with van der Waals surface area (Å²) < 4.78 is 8.79. The Balaban J connectivity index is 2.09. The van der Waals surface area contributed by atoms with E-state index in [2.05, 4.69) is 5.32 Å². The van der Waals surface area contributed by atoms with Crippen molar-refractivity contribution >= 4 is 17.1 Å². The number of ether oxygens (including phenoxy) is 1. The maximum atomic E-state index is 12.9. The minimum Gasteiger partial charge on any atom is -0.494 e. The molecule has 0 radical (unpaired) electrons. The second kappa shape index (κ2) is 6.16. The fourth-order valence-electron chi connectivity index (χ4n) is 2.66. The van der Waals surface area contributed by atoms with Crippen LogP contribution >= 0.6 is 0 Å². The Kier molecular flexibility index (Phi) is 4.04. The Bertz CT molecular complexity index is 926. The molecule has 3 N–H and O–H groups in total. The lowest BCUT2D eigenvalue weighted by atomic mass is 10.2. The minimum absolute atomic E-state index is 0.125. The van der Waals surface area contributed by atoms with Crippen LogP contribution in [0.1, 0.15) is 5.69 Å². The molecule has 0 atom stereocenters. The van der Waals surface area contributed by atoms with E-state index >= 15 is 0 Å². The van der Waals surface area contributed by atoms with Crippen LogP contribution in [-0.2, 0) is 7.05 Å². The van der Waals surface area contributed by atoms with Crippen molar-refractivity contribution in [1.29, 1.82) is 0 Å². The monoisotopic (exact) mass is 324 g/mol. The van der Waals surface area contributed by atoms with E-state index in [-0.39, 0.29) is 5.56 Å². The summed E-state index contributed by atoms with van der Waals surface area (Å²) in [5, 5.41) is 3.18. The number of para-hydroxylation sites is 1. The van der Waals surface area contributed by atoms with E-state index in [4.69, 9.17) is 10.5 Å². The minimum atomic E-state index is -0.125. The van der Waals surface area contributed by atoms with Crippen LogP contribution in [0.4, 0.5) is 17.1 Å². The third-order valence-corrected chi connectivity index (χ3v) is 4.04. The molecule has 3 aromatic rings. The molecule has 1 heterocycles. The number of nitrogens with one attached hydrogen (secondary N) is 1. The molecule has 6 nitrogen and oxygen atoms in total. The second-order valence-electron chi connectivity index (χ2n) is 5.52. The van der Waals surface area contributed by atoms with E-state index in [0.29, 0.717) is 22.8 Å². The van der Waals surface area contributed by atoms with Gasteiger partial charge in [0.05, 0.1) is 24.2 Å². The van der Waals surface area contributed by atoms with Crippen LogP contribution in [-0.4, -0.2) is 16.5 Å². The summed E-state index contributed by atoms with van der Waals surface area (Å²) >= 11 is 0. The predicted molar refractivity (Wildman–Crippen MR) is 96.4 cm³/mol. The number of nitrogens with two attached hydrogens (primary N) is 1. The fourth-order valence-corrected chi connectivity index (χ4v) is 2.66. The molecule has 0 aliphatic rings. The third kappa shape index (κ3) is 2.62. The van der Waals surface area contributed by atoms with Crippen molar-refractivity contribution < 1.29 is 4.74 Å². The van der Waals surface area contributed by atoms with Crippen molar-refractivity contribution in [2.45, 2.75) is 6.92 Å². The molecular weight excluding hydrogens is 304 g/mol. The van der Waals surface area contributed by atoms with E-state index in [1.807, 2.05) is 49.0 Å². The molecule has 0 amide bonds. The van der Waals surface area contributed by atoms with Gasteiger partial charge in [-0.2, -0.15) is 0 Å². The van der Waals surface area contributed by atoms with Gasteiger partial charge in [-0.15, -0.1) is 0 Å². The van der Waals surface area contributed by atoms with Crippen molar-refractivity contribution in [2.75, 3.05) is 18.2 Å². The Hall–Kier alpha value is -3.15. The standard InChI is InChI=1S/C18H20N4O2/c1-12-17(20-15-10-9-13(19)11-16(15)24-3)18(23)22(21(12)2)14-7-5-4-6-8-14/h4-11,20H,19H2,1-3H3. The van der Waals surface area contributed by atoms with E-state index < -0.39 is 0 Å². The van der Waals surface area contributed by atoms with E-state index in [0.717, 1.165) is 11.4 Å². The van der Waals surface area contributed by atoms with Crippen LogP contribution in [0.3, 0.4) is 0 Å². The zero-order chi connectivity index (χ0) is 17.3. The van der Waals surface area contributed by atoms with E-state index in [1.165, 1.54) is 0 Å². The number of hydrogen-bond acceptors (Lipinski definition) is 4. The molecule has 0 spiro atoms. The second-order valence-corrected chi connectivity index (χ2v) is 5.52. The summed E-state index contributed by atoms with van der Waals surface area (Å²) in [4.78, 5) is 12.9. The van der Waals surface area contributed by atoms with Crippen LogP contribution in [0.15, 0.2) is 53.3 Å². The lowest BCUT2D eigenvalue weighted by Gasteiger charge is -2.10. The Labute approximate surface area is 140 Å². The Morgan fingerprint density at radius 3 is 2.50 bits per heavy atom. The summed E-state index contributed by atoms with van der Waals surface area (Å²) in [6.45, 7) is 1.90. The largest absolute Gasteiger partial charge is 0.494 e. The van der Waals surface area contributed by atoms with Gasteiger partial charge in [-0.1, -0.05) is 18.2 Å². The SMILES string of the molecule is COc1cc(N)ccc1Nc1c(C)n(C)n(-c2ccccc2)c1=O. The van der Waals surface area contributed by atoms with Crippen LogP contribution in [0.25, 0.3) is 5.69 Å². The van der Waals surface area contributed by atoms with Gasteiger partial charge in [0, 0.05) is 18.8 Å². The number of rotatable bonds is 4. The molecule has 0 aliphatic carbocycles. The zero-order valence-electron chi connectivity index (χ0n) is 13.9. The molecule has 2 aromatic carbocycles. The first kappa shape index (κ1) is 15.7. The normalized spacial score (nSPS) is 10.6. The molecule has 1 aromatic heterocycles. The number of methoxy groups -OCH3 is 1. The third-order valence-electron chi connectivity index (χ3n) is 4.04. The lowest BCUT2D eigenvalue weighted by molar-refractivity contribution is 0.417. The maximum Gasteiger partial charge on any atom is 0.295 e. The van der Waals surface area contributed by atoms with Gasteiger partial charge in [0.2, 0.25) is 0 Å². The fraction of sp³-hybridized carbons (Fsp3) is 0.167. The van der Waals surface area contributed by atoms with Gasteiger partial charge in [-0.3, -0.25) is 9.48 Å². The highest BCUT2D eigenvalue weighted by Gasteiger charge is 2.17. The molecule has 3 rings (SSSR count). The van der Waals surface area contributed by atoms with Crippen molar-refractivity contribution in [3.63, 3.8) is 0 Å². The number of aromatic nitrogens is 2. The van der Waals surface area contributed by atoms with Gasteiger partial charge in [0.15, 0.2) is 0 Å². The summed E-state index contributed by atoms with van der Waals surface area (Å²) in [7, 11) is 3.43. The highest BCUT2D eigenvalue weighted by Crippen LogP contribution is 2.29. The lowest BCUT2D eigenvalue weighted by Crippen LogP contribution is -2.20. The number of anilines is 3. The topological polar surface area (TPSA) is 74.2 Å². The van der Waals surface area contributed by atoms with Gasteiger partial charge >= 0.3 is 0 Å². The molecule has 124 valence electrons. The molecule has 24 heavy (non-hydrogen) atoms. The average Bonchev–Trinajstić information content (AvgIpc) is 2.80. The van der Waals surface area contributed by atoms with Crippen molar-refractivity contribution in [1.82, 2.24) is 9.36 Å². The molecule has 0 unspecified atom stereocenters. The Morgan fingerprint density at radius 1 is 1.12 bits per heavy atom. The summed E-state index contributed by atoms with van der Waals surface area (Å²) in [6.07, 6.45) is 0. The van der Waals surface area contributed by atoms with Crippen molar-refractivity contribution in [3.05, 3.63) is 64.6 Å². The molecule has 0 saturated carbocycles. The summed E-state index contributed by atoms with van der Waals surface area (Å²) in [5.74, 6) is 0.587. The number of nitrogen functional groups attached to an aromatic ring is 1. The highest BCUT2D eigenvalue weighted by atomic mass is 16.5. The first-order valence-electron chi connectivity index (χ1n) is 7.57. The Morgan fingerprint density at radius 2 is 1.83 bits per heavy atom. The van der Waals surface area contributed by atoms with Gasteiger partial charge in [-0.25, -0.2) is 4.68 Å². The summed E-state index contributed by atoms with van der Waals surface area (Å²) in [5.41, 5.74) is 9.09. The highest BCUT2D eigenvalue weighted by molar-refractivity contribution is 5.70. The van der Waals surface area contributed by atoms with Gasteiger partial charge in [-0.05, 0) is 31.2 Å². The van der Waals surface area contributed by atoms with Gasteiger partial charge in [0.25, 0.3) is 5.56 Å². The molecule has 0 saturated heterocycles. The van der Waals surface area contributed by atoms with Crippen molar-refractivity contribution in [3.8, 4) is 11.4 Å². The average molecular weight is 324 g/mol. The predicted octanol–water partition coefficient (Wildman–Crippen LogP) is 2.82. The van der Waals surface area contributed by atoms with Crippen LogP contribution in [0.2, 0.25) is 0 Å². The smallest absolute Gasteiger partial charge is 0.295 e. The van der Waals surface area contributed by atoms with Crippen molar-refractivity contribution in [2.24, 2.45) is 7.05 Å². The van der Waals surface area contributed by atoms with E-state index in [9.17, 15) is 4.79 Å². The molecule has 6 heteroatoms. The summed E-state index contributed by atoms with van der Waals surface area (Å²) in [6, 6.07) is 14.8. The zero-order valence-corrected chi connectivity index (χ0v) is 13.9.